The number of benzene rings is 1. The quantitative estimate of drug-likeness (QED) is 0.650. The Morgan fingerprint density at radius 1 is 1.29 bits per heavy atom. The number of rotatable bonds is 8. The van der Waals surface area contributed by atoms with Gasteiger partial charge in [-0.05, 0) is 37.0 Å². The van der Waals surface area contributed by atoms with E-state index in [1.54, 1.807) is 0 Å². The topological polar surface area (TPSA) is 86.9 Å². The Kier molecular flexibility index (Phi) is 6.31. The van der Waals surface area contributed by atoms with E-state index < -0.39 is 0 Å². The van der Waals surface area contributed by atoms with Crippen LogP contribution in [-0.2, 0) is 22.4 Å². The minimum absolute atomic E-state index is 0.185. The van der Waals surface area contributed by atoms with Crippen molar-refractivity contribution in [1.82, 2.24) is 15.5 Å². The number of amides is 2. The van der Waals surface area contributed by atoms with Crippen LogP contribution in [0.1, 0.15) is 23.2 Å². The first-order valence-corrected chi connectivity index (χ1v) is 7.87. The summed E-state index contributed by atoms with van der Waals surface area (Å²) >= 11 is 0. The van der Waals surface area contributed by atoms with Gasteiger partial charge in [0.1, 0.15) is 0 Å². The van der Waals surface area contributed by atoms with E-state index in [0.717, 1.165) is 18.5 Å². The Balaban J connectivity index is 1.78. The Bertz CT molecular complexity index is 721. The molecule has 1 heterocycles. The van der Waals surface area contributed by atoms with Crippen molar-refractivity contribution in [2.75, 3.05) is 11.9 Å². The van der Waals surface area contributed by atoms with E-state index in [1.807, 2.05) is 18.2 Å². The van der Waals surface area contributed by atoms with Crippen molar-refractivity contribution in [3.8, 4) is 0 Å². The molecule has 0 radical (unpaired) electrons. The van der Waals surface area contributed by atoms with Crippen molar-refractivity contribution >= 4 is 17.6 Å². The summed E-state index contributed by atoms with van der Waals surface area (Å²) in [5.41, 5.74) is 3.54. The molecule has 0 aliphatic rings. The van der Waals surface area contributed by atoms with Gasteiger partial charge in [-0.3, -0.25) is 14.7 Å². The monoisotopic (exact) mass is 326 g/mol. The largest absolute Gasteiger partial charge is 0.352 e. The van der Waals surface area contributed by atoms with Crippen LogP contribution in [0, 0.1) is 6.92 Å². The van der Waals surface area contributed by atoms with Crippen molar-refractivity contribution in [3.63, 3.8) is 0 Å². The minimum atomic E-state index is -0.291. The molecule has 0 unspecified atom stereocenters. The smallest absolute Gasteiger partial charge is 0.243 e. The number of nitrogens with zero attached hydrogens (tertiary/aromatic N) is 1. The molecule has 2 aromatic rings. The lowest BCUT2D eigenvalue weighted by molar-refractivity contribution is -0.117. The molecule has 126 valence electrons. The van der Waals surface area contributed by atoms with Crippen molar-refractivity contribution < 1.29 is 9.59 Å². The van der Waals surface area contributed by atoms with Crippen LogP contribution < -0.4 is 10.6 Å². The van der Waals surface area contributed by atoms with Gasteiger partial charge in [-0.15, -0.1) is 0 Å². The summed E-state index contributed by atoms with van der Waals surface area (Å²) in [6, 6.07) is 10.1. The molecule has 0 fully saturated rings. The number of hydrogen-bond acceptors (Lipinski definition) is 3. The maximum atomic E-state index is 11.8. The molecule has 1 aromatic carbocycles. The molecule has 24 heavy (non-hydrogen) atoms. The number of aryl methyl sites for hydroxylation is 3. The first kappa shape index (κ1) is 17.5. The first-order chi connectivity index (χ1) is 11.6. The average molecular weight is 326 g/mol. The van der Waals surface area contributed by atoms with Crippen LogP contribution in [0.5, 0.6) is 0 Å². The summed E-state index contributed by atoms with van der Waals surface area (Å²) in [5, 5.41) is 12.3. The van der Waals surface area contributed by atoms with Gasteiger partial charge in [-0.1, -0.05) is 30.8 Å². The van der Waals surface area contributed by atoms with Gasteiger partial charge >= 0.3 is 0 Å². The molecule has 2 amide bonds. The zero-order valence-corrected chi connectivity index (χ0v) is 13.8. The van der Waals surface area contributed by atoms with E-state index in [2.05, 4.69) is 46.5 Å². The van der Waals surface area contributed by atoms with E-state index in [0.29, 0.717) is 5.82 Å². The highest BCUT2D eigenvalue weighted by Crippen LogP contribution is 2.12. The molecular formula is C18H22N4O2. The third-order valence-electron chi connectivity index (χ3n) is 3.66. The second kappa shape index (κ2) is 8.67. The van der Waals surface area contributed by atoms with Gasteiger partial charge in [-0.25, -0.2) is 0 Å². The lowest BCUT2D eigenvalue weighted by Gasteiger charge is -2.03. The van der Waals surface area contributed by atoms with Gasteiger partial charge < -0.3 is 10.6 Å². The normalized spacial score (nSPS) is 10.2. The van der Waals surface area contributed by atoms with E-state index in [-0.39, 0.29) is 24.8 Å². The van der Waals surface area contributed by atoms with Crippen LogP contribution in [0.15, 0.2) is 43.0 Å². The van der Waals surface area contributed by atoms with Crippen LogP contribution >= 0.6 is 0 Å². The maximum absolute atomic E-state index is 11.8. The van der Waals surface area contributed by atoms with E-state index in [9.17, 15) is 9.59 Å². The van der Waals surface area contributed by atoms with Gasteiger partial charge in [0.2, 0.25) is 11.8 Å². The molecule has 3 N–H and O–H groups in total. The van der Waals surface area contributed by atoms with E-state index in [4.69, 9.17) is 0 Å². The third-order valence-corrected chi connectivity index (χ3v) is 3.66. The molecule has 1 aromatic heterocycles. The van der Waals surface area contributed by atoms with Crippen molar-refractivity contribution in [2.45, 2.75) is 26.2 Å². The first-order valence-electron chi connectivity index (χ1n) is 7.87. The molecule has 6 heteroatoms. The van der Waals surface area contributed by atoms with Crippen molar-refractivity contribution in [2.24, 2.45) is 0 Å². The number of carbonyl (C=O) groups is 2. The summed E-state index contributed by atoms with van der Waals surface area (Å²) in [7, 11) is 0. The summed E-state index contributed by atoms with van der Waals surface area (Å²) in [5.74, 6) is 0.00667. The van der Waals surface area contributed by atoms with E-state index in [1.165, 1.54) is 17.2 Å². The third kappa shape index (κ3) is 5.39. The molecular weight excluding hydrogens is 304 g/mol. The highest BCUT2D eigenvalue weighted by atomic mass is 16.2. The summed E-state index contributed by atoms with van der Waals surface area (Å²) < 4.78 is 0. The molecule has 0 saturated carbocycles. The zero-order chi connectivity index (χ0) is 17.4. The highest BCUT2D eigenvalue weighted by Gasteiger charge is 2.07. The van der Waals surface area contributed by atoms with Crippen molar-refractivity contribution in [1.29, 1.82) is 0 Å². The maximum Gasteiger partial charge on any atom is 0.243 e. The van der Waals surface area contributed by atoms with Gasteiger partial charge in [0, 0.05) is 24.7 Å². The number of carbonyl (C=O) groups excluding carboxylic acids is 2. The second-order valence-corrected chi connectivity index (χ2v) is 5.50. The number of nitrogens with one attached hydrogen (secondary N) is 3. The lowest BCUT2D eigenvalue weighted by Crippen LogP contribution is -2.25. The van der Waals surface area contributed by atoms with Crippen LogP contribution in [0.4, 0.5) is 5.82 Å². The van der Waals surface area contributed by atoms with Crippen LogP contribution in [0.2, 0.25) is 0 Å². The predicted octanol–water partition coefficient (Wildman–Crippen LogP) is 2.13. The average Bonchev–Trinajstić information content (AvgIpc) is 3.01. The van der Waals surface area contributed by atoms with Crippen LogP contribution in [0.3, 0.4) is 0 Å². The molecule has 0 aliphatic heterocycles. The Hall–Kier alpha value is -2.89. The molecule has 0 saturated heterocycles. The summed E-state index contributed by atoms with van der Waals surface area (Å²) in [4.78, 5) is 22.8. The van der Waals surface area contributed by atoms with Gasteiger partial charge in [0.05, 0.1) is 0 Å². The molecule has 0 bridgehead atoms. The molecule has 0 aliphatic carbocycles. The standard InChI is InChI=1S/C18H22N4O2/c1-3-17(23)19-11-10-18(24)20-16-12-15(21-22-16)9-8-14-7-5-4-6-13(14)2/h3-7,12H,1,8-11H2,2H3,(H,19,23)(H2,20,21,22,24). The van der Waals surface area contributed by atoms with Crippen molar-refractivity contribution in [3.05, 3.63) is 59.8 Å². The fraction of sp³-hybridized carbons (Fsp3) is 0.278. The number of anilines is 1. The molecule has 2 rings (SSSR count). The van der Waals surface area contributed by atoms with E-state index >= 15 is 0 Å². The van der Waals surface area contributed by atoms with Crippen LogP contribution in [-0.4, -0.2) is 28.6 Å². The SMILES string of the molecule is C=CC(=O)NCCC(=O)Nc1cc(CCc2ccccc2C)[nH]n1. The molecule has 6 nitrogen and oxygen atoms in total. The second-order valence-electron chi connectivity index (χ2n) is 5.50. The van der Waals surface area contributed by atoms with Gasteiger partial charge in [-0.2, -0.15) is 5.10 Å². The fourth-order valence-corrected chi connectivity index (χ4v) is 2.29. The van der Waals surface area contributed by atoms with Gasteiger partial charge in [0.15, 0.2) is 5.82 Å². The minimum Gasteiger partial charge on any atom is -0.352 e. The number of aromatic amines is 1. The Labute approximate surface area is 141 Å². The predicted molar refractivity (Wildman–Crippen MR) is 93.6 cm³/mol. The summed E-state index contributed by atoms with van der Waals surface area (Å²) in [6.07, 6.45) is 3.09. The Morgan fingerprint density at radius 3 is 2.83 bits per heavy atom. The highest BCUT2D eigenvalue weighted by molar-refractivity contribution is 5.91. The molecule has 0 atom stereocenters. The Morgan fingerprint density at radius 2 is 2.08 bits per heavy atom. The van der Waals surface area contributed by atoms with Gasteiger partial charge in [0.25, 0.3) is 0 Å². The summed E-state index contributed by atoms with van der Waals surface area (Å²) in [6.45, 7) is 5.71. The number of hydrogen-bond donors (Lipinski definition) is 3. The fourth-order valence-electron chi connectivity index (χ4n) is 2.29. The number of aromatic nitrogens is 2. The lowest BCUT2D eigenvalue weighted by atomic mass is 10.0. The number of H-pyrrole nitrogens is 1. The zero-order valence-electron chi connectivity index (χ0n) is 13.8. The van der Waals surface area contributed by atoms with Crippen LogP contribution in [0.25, 0.3) is 0 Å². The molecule has 0 spiro atoms.